The van der Waals surface area contributed by atoms with Crippen molar-refractivity contribution in [1.82, 2.24) is 0 Å². The summed E-state index contributed by atoms with van der Waals surface area (Å²) in [4.78, 5) is 0. The van der Waals surface area contributed by atoms with Gasteiger partial charge in [-0.2, -0.15) is 5.26 Å². The molecular weight excluding hydrogens is 200 g/mol. The number of benzene rings is 1. The predicted octanol–water partition coefficient (Wildman–Crippen LogP) is 2.60. The van der Waals surface area contributed by atoms with Crippen molar-refractivity contribution < 1.29 is 4.74 Å². The number of rotatable bonds is 3. The van der Waals surface area contributed by atoms with E-state index in [0.29, 0.717) is 24.0 Å². The van der Waals surface area contributed by atoms with Crippen molar-refractivity contribution in [2.75, 3.05) is 5.73 Å². The van der Waals surface area contributed by atoms with E-state index in [0.717, 1.165) is 18.4 Å². The molecule has 1 aliphatic rings. The minimum absolute atomic E-state index is 0.368. The average Bonchev–Trinajstić information content (AvgIpc) is 2.79. The van der Waals surface area contributed by atoms with Crippen LogP contribution in [0.5, 0.6) is 0 Å². The lowest BCUT2D eigenvalue weighted by Gasteiger charge is -2.12. The van der Waals surface area contributed by atoms with Gasteiger partial charge in [0.1, 0.15) is 6.07 Å². The van der Waals surface area contributed by atoms with E-state index in [-0.39, 0.29) is 0 Å². The summed E-state index contributed by atoms with van der Waals surface area (Å²) in [6.07, 6.45) is 5.17. The van der Waals surface area contributed by atoms with Gasteiger partial charge in [-0.3, -0.25) is 0 Å². The van der Waals surface area contributed by atoms with Gasteiger partial charge in [0.25, 0.3) is 0 Å². The zero-order valence-corrected chi connectivity index (χ0v) is 9.28. The molecule has 1 aromatic carbocycles. The van der Waals surface area contributed by atoms with Crippen LogP contribution in [-0.2, 0) is 11.3 Å². The van der Waals surface area contributed by atoms with E-state index in [4.69, 9.17) is 15.7 Å². The van der Waals surface area contributed by atoms with E-state index < -0.39 is 0 Å². The summed E-state index contributed by atoms with van der Waals surface area (Å²) in [7, 11) is 0. The summed E-state index contributed by atoms with van der Waals surface area (Å²) in [5.41, 5.74) is 7.73. The second-order valence-corrected chi connectivity index (χ2v) is 4.21. The van der Waals surface area contributed by atoms with Gasteiger partial charge in [0.15, 0.2) is 0 Å². The lowest BCUT2D eigenvalue weighted by Crippen LogP contribution is -2.08. The third kappa shape index (κ3) is 2.34. The highest BCUT2D eigenvalue weighted by molar-refractivity contribution is 5.57. The Kier molecular flexibility index (Phi) is 3.43. The zero-order chi connectivity index (χ0) is 11.4. The van der Waals surface area contributed by atoms with Gasteiger partial charge in [0, 0.05) is 5.69 Å². The van der Waals surface area contributed by atoms with Crippen LogP contribution >= 0.6 is 0 Å². The van der Waals surface area contributed by atoms with Crippen molar-refractivity contribution in [1.29, 1.82) is 5.26 Å². The number of nitriles is 1. The number of ether oxygens (including phenoxy) is 1. The largest absolute Gasteiger partial charge is 0.398 e. The van der Waals surface area contributed by atoms with Gasteiger partial charge in [-0.25, -0.2) is 0 Å². The quantitative estimate of drug-likeness (QED) is 0.790. The van der Waals surface area contributed by atoms with Crippen LogP contribution in [0, 0.1) is 11.3 Å². The highest BCUT2D eigenvalue weighted by Gasteiger charge is 2.16. The molecule has 0 aliphatic heterocycles. The Morgan fingerprint density at radius 3 is 2.81 bits per heavy atom. The highest BCUT2D eigenvalue weighted by atomic mass is 16.5. The van der Waals surface area contributed by atoms with Crippen LogP contribution in [0.25, 0.3) is 0 Å². The summed E-state index contributed by atoms with van der Waals surface area (Å²) in [5, 5.41) is 9.01. The van der Waals surface area contributed by atoms with Gasteiger partial charge in [0.05, 0.1) is 18.3 Å². The Hall–Kier alpha value is -1.53. The summed E-state index contributed by atoms with van der Waals surface area (Å²) in [6.45, 7) is 0.499. The maximum absolute atomic E-state index is 9.01. The Bertz CT molecular complexity index is 403. The number of anilines is 1. The number of nitrogens with two attached hydrogens (primary N) is 1. The van der Waals surface area contributed by atoms with E-state index in [9.17, 15) is 0 Å². The Balaban J connectivity index is 2.03. The van der Waals surface area contributed by atoms with Crippen molar-refractivity contribution in [3.8, 4) is 6.07 Å². The van der Waals surface area contributed by atoms with E-state index >= 15 is 0 Å². The van der Waals surface area contributed by atoms with Gasteiger partial charge in [-0.15, -0.1) is 0 Å². The van der Waals surface area contributed by atoms with Crippen LogP contribution in [0.4, 0.5) is 5.69 Å². The summed E-state index contributed by atoms with van der Waals surface area (Å²) >= 11 is 0. The van der Waals surface area contributed by atoms with Crippen LogP contribution in [0.1, 0.15) is 36.8 Å². The van der Waals surface area contributed by atoms with Crippen LogP contribution in [0.2, 0.25) is 0 Å². The summed E-state index contributed by atoms with van der Waals surface area (Å²) < 4.78 is 5.78. The number of nitrogen functional groups attached to an aromatic ring is 1. The van der Waals surface area contributed by atoms with Gasteiger partial charge < -0.3 is 10.5 Å². The second kappa shape index (κ2) is 5.00. The highest BCUT2D eigenvalue weighted by Crippen LogP contribution is 2.23. The monoisotopic (exact) mass is 216 g/mol. The molecule has 2 rings (SSSR count). The predicted molar refractivity (Wildman–Crippen MR) is 62.6 cm³/mol. The normalized spacial score (nSPS) is 16.2. The lowest BCUT2D eigenvalue weighted by molar-refractivity contribution is 0.0456. The molecule has 0 spiro atoms. The first-order chi connectivity index (χ1) is 7.81. The van der Waals surface area contributed by atoms with Crippen molar-refractivity contribution >= 4 is 5.69 Å². The molecule has 2 N–H and O–H groups in total. The fourth-order valence-electron chi connectivity index (χ4n) is 2.14. The first-order valence-electron chi connectivity index (χ1n) is 5.70. The molecule has 0 bridgehead atoms. The first-order valence-corrected chi connectivity index (χ1v) is 5.70. The van der Waals surface area contributed by atoms with E-state index in [1.807, 2.05) is 12.1 Å². The lowest BCUT2D eigenvalue weighted by atomic mass is 10.1. The molecule has 0 atom stereocenters. The molecule has 1 aromatic rings. The Morgan fingerprint density at radius 2 is 2.12 bits per heavy atom. The van der Waals surface area contributed by atoms with Gasteiger partial charge in [-0.05, 0) is 24.5 Å². The van der Waals surface area contributed by atoms with Crippen LogP contribution < -0.4 is 5.73 Å². The number of hydrogen-bond acceptors (Lipinski definition) is 3. The van der Waals surface area contributed by atoms with Crippen LogP contribution in [-0.4, -0.2) is 6.10 Å². The van der Waals surface area contributed by atoms with E-state index in [1.165, 1.54) is 12.8 Å². The third-order valence-corrected chi connectivity index (χ3v) is 3.07. The van der Waals surface area contributed by atoms with Crippen LogP contribution in [0.15, 0.2) is 18.2 Å². The smallest absolute Gasteiger partial charge is 0.102 e. The van der Waals surface area contributed by atoms with Gasteiger partial charge >= 0.3 is 0 Å². The topological polar surface area (TPSA) is 59.0 Å². The standard InChI is InChI=1S/C13H16N2O/c14-8-12-10(4-3-7-13(12)15)9-16-11-5-1-2-6-11/h3-4,7,11H,1-2,5-6,9,15H2. The minimum atomic E-state index is 0.368. The van der Waals surface area contributed by atoms with Crippen LogP contribution in [0.3, 0.4) is 0 Å². The number of hydrogen-bond donors (Lipinski definition) is 1. The van der Waals surface area contributed by atoms with Crippen molar-refractivity contribution in [3.63, 3.8) is 0 Å². The van der Waals surface area contributed by atoms with E-state index in [2.05, 4.69) is 6.07 Å². The van der Waals surface area contributed by atoms with Crippen molar-refractivity contribution in [3.05, 3.63) is 29.3 Å². The molecule has 0 aromatic heterocycles. The van der Waals surface area contributed by atoms with Gasteiger partial charge in [-0.1, -0.05) is 25.0 Å². The molecule has 0 heterocycles. The molecule has 0 radical (unpaired) electrons. The maximum Gasteiger partial charge on any atom is 0.102 e. The molecule has 3 nitrogen and oxygen atoms in total. The molecule has 0 saturated heterocycles. The van der Waals surface area contributed by atoms with Gasteiger partial charge in [0.2, 0.25) is 0 Å². The fraction of sp³-hybridized carbons (Fsp3) is 0.462. The summed E-state index contributed by atoms with van der Waals surface area (Å²) in [6, 6.07) is 7.65. The first kappa shape index (κ1) is 11.0. The molecular formula is C13H16N2O. The maximum atomic E-state index is 9.01. The minimum Gasteiger partial charge on any atom is -0.398 e. The fourth-order valence-corrected chi connectivity index (χ4v) is 2.14. The molecule has 0 amide bonds. The molecule has 84 valence electrons. The molecule has 0 unspecified atom stereocenters. The Labute approximate surface area is 95.8 Å². The average molecular weight is 216 g/mol. The summed E-state index contributed by atoms with van der Waals surface area (Å²) in [5.74, 6) is 0. The molecule has 1 aliphatic carbocycles. The second-order valence-electron chi connectivity index (χ2n) is 4.21. The molecule has 1 fully saturated rings. The van der Waals surface area contributed by atoms with E-state index in [1.54, 1.807) is 6.07 Å². The molecule has 3 heteroatoms. The van der Waals surface area contributed by atoms with Crippen molar-refractivity contribution in [2.24, 2.45) is 0 Å². The Morgan fingerprint density at radius 1 is 1.38 bits per heavy atom. The molecule has 16 heavy (non-hydrogen) atoms. The van der Waals surface area contributed by atoms with Crippen molar-refractivity contribution in [2.45, 2.75) is 38.4 Å². The number of nitrogens with zero attached hydrogens (tertiary/aromatic N) is 1. The zero-order valence-electron chi connectivity index (χ0n) is 9.28. The third-order valence-electron chi connectivity index (χ3n) is 3.07. The molecule has 1 saturated carbocycles. The SMILES string of the molecule is N#Cc1c(N)cccc1COC1CCCC1.